The van der Waals surface area contributed by atoms with Gasteiger partial charge in [0.15, 0.2) is 6.61 Å². The molecule has 0 aromatic heterocycles. The summed E-state index contributed by atoms with van der Waals surface area (Å²) in [5.41, 5.74) is 5.86. The molecule has 0 radical (unpaired) electrons. The van der Waals surface area contributed by atoms with E-state index in [1.54, 1.807) is 0 Å². The third kappa shape index (κ3) is 4.59. The lowest BCUT2D eigenvalue weighted by molar-refractivity contribution is -0.123. The summed E-state index contributed by atoms with van der Waals surface area (Å²) < 4.78 is 5.56. The van der Waals surface area contributed by atoms with Gasteiger partial charge in [0.1, 0.15) is 5.75 Å². The second-order valence-corrected chi connectivity index (χ2v) is 5.84. The Balaban J connectivity index is 1.84. The fourth-order valence-corrected chi connectivity index (χ4v) is 2.51. The van der Waals surface area contributed by atoms with Crippen LogP contribution in [0.1, 0.15) is 43.7 Å². The third-order valence-electron chi connectivity index (χ3n) is 3.92. The predicted octanol–water partition coefficient (Wildman–Crippen LogP) is 3.36. The number of nitrogens with one attached hydrogen (secondary N) is 1. The van der Waals surface area contributed by atoms with Crippen molar-refractivity contribution in [3.8, 4) is 5.75 Å². The SMILES string of the molecule is Cc1ccc(C)c(OCC(=O)N/N=C2/CCCC[C@@H]2C)c1. The summed E-state index contributed by atoms with van der Waals surface area (Å²) in [6.07, 6.45) is 4.56. The maximum atomic E-state index is 11.8. The van der Waals surface area contributed by atoms with Gasteiger partial charge in [0.2, 0.25) is 0 Å². The van der Waals surface area contributed by atoms with Crippen LogP contribution < -0.4 is 10.2 Å². The van der Waals surface area contributed by atoms with E-state index >= 15 is 0 Å². The number of amides is 1. The van der Waals surface area contributed by atoms with Gasteiger partial charge in [0, 0.05) is 5.71 Å². The molecular formula is C17H24N2O2. The van der Waals surface area contributed by atoms with Gasteiger partial charge in [-0.25, -0.2) is 5.43 Å². The Hall–Kier alpha value is -1.84. The van der Waals surface area contributed by atoms with E-state index in [4.69, 9.17) is 4.74 Å². The number of hydrazone groups is 1. The first-order chi connectivity index (χ1) is 10.1. The van der Waals surface area contributed by atoms with E-state index < -0.39 is 0 Å². The second kappa shape index (κ2) is 7.25. The number of carbonyl (C=O) groups is 1. The summed E-state index contributed by atoms with van der Waals surface area (Å²) in [7, 11) is 0. The lowest BCUT2D eigenvalue weighted by Crippen LogP contribution is -2.28. The lowest BCUT2D eigenvalue weighted by atomic mass is 9.89. The molecule has 0 bridgehead atoms. The average molecular weight is 288 g/mol. The Labute approximate surface area is 126 Å². The van der Waals surface area contributed by atoms with Crippen molar-refractivity contribution >= 4 is 11.6 Å². The Kier molecular flexibility index (Phi) is 5.37. The molecule has 1 aromatic carbocycles. The summed E-state index contributed by atoms with van der Waals surface area (Å²) in [4.78, 5) is 11.8. The van der Waals surface area contributed by atoms with E-state index in [1.165, 1.54) is 6.42 Å². The van der Waals surface area contributed by atoms with Crippen molar-refractivity contribution in [3.05, 3.63) is 29.3 Å². The van der Waals surface area contributed by atoms with Gasteiger partial charge in [-0.1, -0.05) is 25.5 Å². The van der Waals surface area contributed by atoms with E-state index in [0.717, 1.165) is 41.9 Å². The molecule has 1 aromatic rings. The van der Waals surface area contributed by atoms with Crippen LogP contribution >= 0.6 is 0 Å². The van der Waals surface area contributed by atoms with Crippen LogP contribution in [0.2, 0.25) is 0 Å². The molecule has 1 N–H and O–H groups in total. The first-order valence-electron chi connectivity index (χ1n) is 7.61. The number of rotatable bonds is 4. The van der Waals surface area contributed by atoms with Crippen LogP contribution in [0.3, 0.4) is 0 Å². The predicted molar refractivity (Wildman–Crippen MR) is 84.6 cm³/mol. The zero-order valence-electron chi connectivity index (χ0n) is 13.1. The standard InChI is InChI=1S/C17H24N2O2/c1-12-8-9-14(3)16(10-12)21-11-17(20)19-18-15-7-5-4-6-13(15)2/h8-10,13H,4-7,11H2,1-3H3,(H,19,20)/b18-15-/t13-/m0/s1. The molecule has 2 rings (SSSR count). The summed E-state index contributed by atoms with van der Waals surface area (Å²) in [6.45, 7) is 6.13. The van der Waals surface area contributed by atoms with Crippen LogP contribution in [0.4, 0.5) is 0 Å². The van der Waals surface area contributed by atoms with Gasteiger partial charge in [-0.05, 0) is 56.2 Å². The molecule has 114 valence electrons. The minimum absolute atomic E-state index is 0.00451. The van der Waals surface area contributed by atoms with Gasteiger partial charge < -0.3 is 4.74 Å². The van der Waals surface area contributed by atoms with Crippen LogP contribution in [-0.4, -0.2) is 18.2 Å². The smallest absolute Gasteiger partial charge is 0.277 e. The zero-order valence-corrected chi connectivity index (χ0v) is 13.1. The minimum atomic E-state index is -0.207. The largest absolute Gasteiger partial charge is 0.483 e. The van der Waals surface area contributed by atoms with Crippen molar-refractivity contribution in [2.75, 3.05) is 6.61 Å². The van der Waals surface area contributed by atoms with Crippen LogP contribution in [0.5, 0.6) is 5.75 Å². The number of nitrogens with zero attached hydrogens (tertiary/aromatic N) is 1. The van der Waals surface area contributed by atoms with Gasteiger partial charge in [-0.3, -0.25) is 4.79 Å². The fourth-order valence-electron chi connectivity index (χ4n) is 2.51. The third-order valence-corrected chi connectivity index (χ3v) is 3.92. The molecule has 0 unspecified atom stereocenters. The topological polar surface area (TPSA) is 50.7 Å². The summed E-state index contributed by atoms with van der Waals surface area (Å²) in [5, 5.41) is 4.25. The summed E-state index contributed by atoms with van der Waals surface area (Å²) in [5.74, 6) is 1.02. The number of hydrogen-bond acceptors (Lipinski definition) is 3. The number of ether oxygens (including phenoxy) is 1. The van der Waals surface area contributed by atoms with Crippen LogP contribution in [0.15, 0.2) is 23.3 Å². The Morgan fingerprint density at radius 2 is 2.19 bits per heavy atom. The molecule has 1 amide bonds. The van der Waals surface area contributed by atoms with Gasteiger partial charge in [0.25, 0.3) is 5.91 Å². The minimum Gasteiger partial charge on any atom is -0.483 e. The molecular weight excluding hydrogens is 264 g/mol. The normalized spacial score (nSPS) is 20.3. The first-order valence-corrected chi connectivity index (χ1v) is 7.61. The molecule has 1 aliphatic carbocycles. The van der Waals surface area contributed by atoms with Crippen molar-refractivity contribution in [1.82, 2.24) is 5.43 Å². The molecule has 0 spiro atoms. The van der Waals surface area contributed by atoms with Crippen molar-refractivity contribution in [2.45, 2.75) is 46.5 Å². The van der Waals surface area contributed by atoms with Crippen molar-refractivity contribution < 1.29 is 9.53 Å². The van der Waals surface area contributed by atoms with Gasteiger partial charge in [0.05, 0.1) is 0 Å². The fraction of sp³-hybridized carbons (Fsp3) is 0.529. The Bertz CT molecular complexity index is 538. The van der Waals surface area contributed by atoms with Gasteiger partial charge in [-0.15, -0.1) is 0 Å². The number of aryl methyl sites for hydroxylation is 2. The summed E-state index contributed by atoms with van der Waals surface area (Å²) in [6, 6.07) is 5.96. The van der Waals surface area contributed by atoms with E-state index in [0.29, 0.717) is 5.92 Å². The summed E-state index contributed by atoms with van der Waals surface area (Å²) >= 11 is 0. The average Bonchev–Trinajstić information content (AvgIpc) is 2.47. The highest BCUT2D eigenvalue weighted by Gasteiger charge is 2.16. The second-order valence-electron chi connectivity index (χ2n) is 5.84. The molecule has 4 heteroatoms. The molecule has 4 nitrogen and oxygen atoms in total. The van der Waals surface area contributed by atoms with Crippen molar-refractivity contribution in [3.63, 3.8) is 0 Å². The van der Waals surface area contributed by atoms with E-state index in [9.17, 15) is 4.79 Å². The zero-order chi connectivity index (χ0) is 15.2. The molecule has 21 heavy (non-hydrogen) atoms. The molecule has 1 aliphatic rings. The van der Waals surface area contributed by atoms with Gasteiger partial charge >= 0.3 is 0 Å². The quantitative estimate of drug-likeness (QED) is 0.864. The molecule has 1 saturated carbocycles. The van der Waals surface area contributed by atoms with Crippen LogP contribution in [0.25, 0.3) is 0 Å². The van der Waals surface area contributed by atoms with E-state index in [-0.39, 0.29) is 12.5 Å². The Morgan fingerprint density at radius 1 is 1.38 bits per heavy atom. The maximum absolute atomic E-state index is 11.8. The maximum Gasteiger partial charge on any atom is 0.277 e. The van der Waals surface area contributed by atoms with Crippen molar-refractivity contribution in [1.29, 1.82) is 0 Å². The molecule has 0 aliphatic heterocycles. The lowest BCUT2D eigenvalue weighted by Gasteiger charge is -2.19. The number of benzene rings is 1. The van der Waals surface area contributed by atoms with E-state index in [2.05, 4.69) is 17.5 Å². The first kappa shape index (κ1) is 15.5. The molecule has 1 fully saturated rings. The monoisotopic (exact) mass is 288 g/mol. The van der Waals surface area contributed by atoms with E-state index in [1.807, 2.05) is 32.0 Å². The number of carbonyl (C=O) groups excluding carboxylic acids is 1. The molecule has 0 heterocycles. The molecule has 1 atom stereocenters. The number of hydrogen-bond donors (Lipinski definition) is 1. The Morgan fingerprint density at radius 3 is 2.95 bits per heavy atom. The van der Waals surface area contributed by atoms with Gasteiger partial charge in [-0.2, -0.15) is 5.10 Å². The molecule has 0 saturated heterocycles. The highest BCUT2D eigenvalue weighted by atomic mass is 16.5. The van der Waals surface area contributed by atoms with Crippen LogP contribution in [-0.2, 0) is 4.79 Å². The highest BCUT2D eigenvalue weighted by molar-refractivity contribution is 5.88. The van der Waals surface area contributed by atoms with Crippen LogP contribution in [0, 0.1) is 19.8 Å². The highest BCUT2D eigenvalue weighted by Crippen LogP contribution is 2.21. The van der Waals surface area contributed by atoms with Crippen molar-refractivity contribution in [2.24, 2.45) is 11.0 Å².